The lowest BCUT2D eigenvalue weighted by Gasteiger charge is -2.16. The van der Waals surface area contributed by atoms with Crippen molar-refractivity contribution in [1.29, 1.82) is 0 Å². The molecule has 0 aromatic heterocycles. The second-order valence-corrected chi connectivity index (χ2v) is 4.40. The molecule has 84 valence electrons. The van der Waals surface area contributed by atoms with Crippen LogP contribution in [0.4, 0.5) is 0 Å². The van der Waals surface area contributed by atoms with Crippen molar-refractivity contribution in [2.75, 3.05) is 6.54 Å². The van der Waals surface area contributed by atoms with E-state index in [-0.39, 0.29) is 5.91 Å². The Hall–Kier alpha value is -0.530. The van der Waals surface area contributed by atoms with Crippen LogP contribution in [-0.4, -0.2) is 12.5 Å². The van der Waals surface area contributed by atoms with E-state index in [0.29, 0.717) is 6.42 Å². The zero-order valence-electron chi connectivity index (χ0n) is 10.1. The molecule has 0 rings (SSSR count). The Kier molecular flexibility index (Phi) is 7.54. The van der Waals surface area contributed by atoms with E-state index in [9.17, 15) is 4.79 Å². The van der Waals surface area contributed by atoms with Crippen molar-refractivity contribution in [2.24, 2.45) is 11.8 Å². The summed E-state index contributed by atoms with van der Waals surface area (Å²) in [6, 6.07) is 0. The maximum absolute atomic E-state index is 11.2. The second kappa shape index (κ2) is 7.84. The Morgan fingerprint density at radius 2 is 1.93 bits per heavy atom. The van der Waals surface area contributed by atoms with Gasteiger partial charge in [0, 0.05) is 13.0 Å². The Morgan fingerprint density at radius 3 is 2.36 bits per heavy atom. The summed E-state index contributed by atoms with van der Waals surface area (Å²) in [4.78, 5) is 11.2. The monoisotopic (exact) mass is 199 g/mol. The summed E-state index contributed by atoms with van der Waals surface area (Å²) >= 11 is 0. The number of hydrogen-bond acceptors (Lipinski definition) is 1. The zero-order chi connectivity index (χ0) is 11.0. The molecule has 0 fully saturated rings. The Balaban J connectivity index is 3.66. The molecule has 0 aliphatic heterocycles. The molecule has 0 aromatic carbocycles. The highest BCUT2D eigenvalue weighted by molar-refractivity contribution is 5.75. The van der Waals surface area contributed by atoms with Crippen LogP contribution >= 0.6 is 0 Å². The first-order valence-corrected chi connectivity index (χ1v) is 5.86. The van der Waals surface area contributed by atoms with Crippen LogP contribution in [0.15, 0.2) is 0 Å². The lowest BCUT2D eigenvalue weighted by atomic mass is 9.91. The Bertz CT molecular complexity index is 154. The summed E-state index contributed by atoms with van der Waals surface area (Å²) in [5.74, 6) is 1.67. The molecule has 2 heteroatoms. The number of carbonyl (C=O) groups excluding carboxylic acids is 1. The molecule has 0 spiro atoms. The minimum absolute atomic E-state index is 0.203. The third-order valence-electron chi connectivity index (χ3n) is 2.54. The van der Waals surface area contributed by atoms with Crippen LogP contribution in [-0.2, 0) is 4.79 Å². The highest BCUT2D eigenvalue weighted by Crippen LogP contribution is 2.20. The fraction of sp³-hybridized carbons (Fsp3) is 0.917. The maximum atomic E-state index is 11.2. The van der Waals surface area contributed by atoms with Gasteiger partial charge in [0.25, 0.3) is 0 Å². The predicted molar refractivity (Wildman–Crippen MR) is 61.2 cm³/mol. The molecule has 0 bridgehead atoms. The Labute approximate surface area is 88.5 Å². The van der Waals surface area contributed by atoms with Crippen LogP contribution in [0.2, 0.25) is 0 Å². The molecule has 1 N–H and O–H groups in total. The van der Waals surface area contributed by atoms with Crippen LogP contribution in [0.1, 0.15) is 53.4 Å². The smallest absolute Gasteiger partial charge is 0.219 e. The van der Waals surface area contributed by atoms with Crippen LogP contribution in [0.3, 0.4) is 0 Å². The van der Waals surface area contributed by atoms with E-state index < -0.39 is 0 Å². The highest BCUT2D eigenvalue weighted by Gasteiger charge is 2.10. The van der Waals surface area contributed by atoms with Crippen LogP contribution in [0.5, 0.6) is 0 Å². The van der Waals surface area contributed by atoms with E-state index in [1.807, 2.05) is 6.92 Å². The normalized spacial score (nSPS) is 12.9. The molecule has 0 aromatic rings. The molecule has 1 amide bonds. The molecule has 0 saturated carbocycles. The number of carbonyl (C=O) groups is 1. The minimum atomic E-state index is 0.203. The molecule has 14 heavy (non-hydrogen) atoms. The highest BCUT2D eigenvalue weighted by atomic mass is 16.1. The van der Waals surface area contributed by atoms with Crippen molar-refractivity contribution < 1.29 is 4.79 Å². The van der Waals surface area contributed by atoms with Gasteiger partial charge >= 0.3 is 0 Å². The fourth-order valence-corrected chi connectivity index (χ4v) is 1.78. The lowest BCUT2D eigenvalue weighted by Crippen LogP contribution is -2.23. The van der Waals surface area contributed by atoms with Crippen molar-refractivity contribution in [3.8, 4) is 0 Å². The number of hydrogen-bond donors (Lipinski definition) is 1. The van der Waals surface area contributed by atoms with Gasteiger partial charge in [0.15, 0.2) is 0 Å². The summed E-state index contributed by atoms with van der Waals surface area (Å²) < 4.78 is 0. The Morgan fingerprint density at radius 1 is 1.29 bits per heavy atom. The quantitative estimate of drug-likeness (QED) is 0.671. The van der Waals surface area contributed by atoms with Gasteiger partial charge in [-0.3, -0.25) is 4.79 Å². The second-order valence-electron chi connectivity index (χ2n) is 4.40. The van der Waals surface area contributed by atoms with Gasteiger partial charge in [-0.15, -0.1) is 0 Å². The van der Waals surface area contributed by atoms with Gasteiger partial charge < -0.3 is 5.32 Å². The van der Waals surface area contributed by atoms with E-state index in [0.717, 1.165) is 24.8 Å². The first-order chi connectivity index (χ1) is 6.60. The predicted octanol–water partition coefficient (Wildman–Crippen LogP) is 2.98. The van der Waals surface area contributed by atoms with Crippen LogP contribution in [0, 0.1) is 11.8 Å². The fourth-order valence-electron chi connectivity index (χ4n) is 1.78. The van der Waals surface area contributed by atoms with Gasteiger partial charge in [0.05, 0.1) is 0 Å². The van der Waals surface area contributed by atoms with Gasteiger partial charge in [-0.2, -0.15) is 0 Å². The maximum Gasteiger partial charge on any atom is 0.219 e. The molecule has 0 saturated heterocycles. The average molecular weight is 199 g/mol. The van der Waals surface area contributed by atoms with E-state index in [1.54, 1.807) is 0 Å². The van der Waals surface area contributed by atoms with Gasteiger partial charge in [0.1, 0.15) is 0 Å². The van der Waals surface area contributed by atoms with Crippen molar-refractivity contribution >= 4 is 5.91 Å². The minimum Gasteiger partial charge on any atom is -0.356 e. The molecule has 1 atom stereocenters. The molecular formula is C12H25NO. The van der Waals surface area contributed by atoms with Crippen molar-refractivity contribution in [2.45, 2.75) is 53.4 Å². The molecule has 0 aliphatic carbocycles. The first-order valence-electron chi connectivity index (χ1n) is 5.86. The summed E-state index contributed by atoms with van der Waals surface area (Å²) in [6.07, 6.45) is 4.17. The topological polar surface area (TPSA) is 29.1 Å². The van der Waals surface area contributed by atoms with Gasteiger partial charge in [-0.1, -0.05) is 27.2 Å². The average Bonchev–Trinajstić information content (AvgIpc) is 2.12. The first kappa shape index (κ1) is 13.5. The number of rotatable bonds is 7. The van der Waals surface area contributed by atoms with E-state index in [2.05, 4.69) is 26.1 Å². The third-order valence-corrected chi connectivity index (χ3v) is 2.54. The molecule has 0 aliphatic rings. The van der Waals surface area contributed by atoms with Crippen LogP contribution in [0.25, 0.3) is 0 Å². The van der Waals surface area contributed by atoms with E-state index in [1.165, 1.54) is 12.8 Å². The van der Waals surface area contributed by atoms with E-state index >= 15 is 0 Å². The van der Waals surface area contributed by atoms with Crippen molar-refractivity contribution in [1.82, 2.24) is 5.32 Å². The van der Waals surface area contributed by atoms with Gasteiger partial charge in [-0.05, 0) is 31.6 Å². The SMILES string of the molecule is CCNC(=O)CCC(CC)CC(C)C. The van der Waals surface area contributed by atoms with Gasteiger partial charge in [-0.25, -0.2) is 0 Å². The lowest BCUT2D eigenvalue weighted by molar-refractivity contribution is -0.121. The molecule has 2 nitrogen and oxygen atoms in total. The number of nitrogens with one attached hydrogen (secondary N) is 1. The third kappa shape index (κ3) is 6.93. The molecule has 1 unspecified atom stereocenters. The number of amides is 1. The summed E-state index contributed by atoms with van der Waals surface area (Å²) in [7, 11) is 0. The zero-order valence-corrected chi connectivity index (χ0v) is 10.1. The molecule has 0 heterocycles. The molecular weight excluding hydrogens is 174 g/mol. The van der Waals surface area contributed by atoms with Gasteiger partial charge in [0.2, 0.25) is 5.91 Å². The molecule has 0 radical (unpaired) electrons. The summed E-state index contributed by atoms with van der Waals surface area (Å²) in [5.41, 5.74) is 0. The van der Waals surface area contributed by atoms with Crippen LogP contribution < -0.4 is 5.32 Å². The summed E-state index contributed by atoms with van der Waals surface area (Å²) in [6.45, 7) is 9.41. The largest absolute Gasteiger partial charge is 0.356 e. The van der Waals surface area contributed by atoms with E-state index in [4.69, 9.17) is 0 Å². The van der Waals surface area contributed by atoms with Crippen molar-refractivity contribution in [3.05, 3.63) is 0 Å². The van der Waals surface area contributed by atoms with Crippen molar-refractivity contribution in [3.63, 3.8) is 0 Å². The standard InChI is InChI=1S/C12H25NO/c1-5-11(9-10(3)4)7-8-12(14)13-6-2/h10-11H,5-9H2,1-4H3,(H,13,14). The summed E-state index contributed by atoms with van der Waals surface area (Å²) in [5, 5.41) is 2.84.